The SMILES string of the molecule is CCC(CC)NS(=O)(=O)c1ccc(N)cc1OC. The monoisotopic (exact) mass is 272 g/mol. The van der Waals surface area contributed by atoms with E-state index in [-0.39, 0.29) is 16.7 Å². The molecule has 5 nitrogen and oxygen atoms in total. The normalized spacial score (nSPS) is 11.8. The number of hydrogen-bond acceptors (Lipinski definition) is 4. The van der Waals surface area contributed by atoms with Crippen molar-refractivity contribution in [2.24, 2.45) is 0 Å². The number of methoxy groups -OCH3 is 1. The van der Waals surface area contributed by atoms with Crippen molar-refractivity contribution in [3.05, 3.63) is 18.2 Å². The van der Waals surface area contributed by atoms with Gasteiger partial charge in [-0.3, -0.25) is 0 Å². The first-order valence-corrected chi connectivity index (χ1v) is 7.38. The zero-order valence-corrected chi connectivity index (χ0v) is 11.8. The van der Waals surface area contributed by atoms with E-state index >= 15 is 0 Å². The third-order valence-corrected chi connectivity index (χ3v) is 4.34. The van der Waals surface area contributed by atoms with E-state index in [1.54, 1.807) is 6.07 Å². The second-order valence-electron chi connectivity index (χ2n) is 4.05. The molecule has 0 aliphatic heterocycles. The predicted molar refractivity (Wildman–Crippen MR) is 72.1 cm³/mol. The lowest BCUT2D eigenvalue weighted by molar-refractivity contribution is 0.402. The van der Waals surface area contributed by atoms with Crippen LogP contribution in [-0.4, -0.2) is 21.6 Å². The van der Waals surface area contributed by atoms with Gasteiger partial charge >= 0.3 is 0 Å². The average molecular weight is 272 g/mol. The highest BCUT2D eigenvalue weighted by Gasteiger charge is 2.22. The van der Waals surface area contributed by atoms with Gasteiger partial charge in [-0.05, 0) is 25.0 Å². The van der Waals surface area contributed by atoms with Crippen LogP contribution in [-0.2, 0) is 10.0 Å². The Bertz CT molecular complexity index is 496. The molecule has 102 valence electrons. The van der Waals surface area contributed by atoms with Crippen molar-refractivity contribution in [2.45, 2.75) is 37.6 Å². The van der Waals surface area contributed by atoms with Crippen LogP contribution in [0.25, 0.3) is 0 Å². The van der Waals surface area contributed by atoms with Crippen LogP contribution in [0.1, 0.15) is 26.7 Å². The highest BCUT2D eigenvalue weighted by molar-refractivity contribution is 7.89. The van der Waals surface area contributed by atoms with Gasteiger partial charge in [0.25, 0.3) is 0 Å². The summed E-state index contributed by atoms with van der Waals surface area (Å²) in [6.45, 7) is 3.88. The molecule has 0 heterocycles. The highest BCUT2D eigenvalue weighted by atomic mass is 32.2. The zero-order valence-electron chi connectivity index (χ0n) is 10.9. The molecule has 0 unspecified atom stereocenters. The summed E-state index contributed by atoms with van der Waals surface area (Å²) in [5.74, 6) is 0.258. The van der Waals surface area contributed by atoms with Crippen LogP contribution in [0.15, 0.2) is 23.1 Å². The van der Waals surface area contributed by atoms with Crippen LogP contribution in [0, 0.1) is 0 Å². The lowest BCUT2D eigenvalue weighted by Crippen LogP contribution is -2.34. The van der Waals surface area contributed by atoms with Gasteiger partial charge in [-0.25, -0.2) is 13.1 Å². The molecular weight excluding hydrogens is 252 g/mol. The van der Waals surface area contributed by atoms with Crippen molar-refractivity contribution in [3.8, 4) is 5.75 Å². The largest absolute Gasteiger partial charge is 0.495 e. The maximum Gasteiger partial charge on any atom is 0.244 e. The molecule has 0 atom stereocenters. The summed E-state index contributed by atoms with van der Waals surface area (Å²) in [6.07, 6.45) is 1.49. The molecule has 0 aliphatic rings. The van der Waals surface area contributed by atoms with Gasteiger partial charge in [0.1, 0.15) is 10.6 Å². The lowest BCUT2D eigenvalue weighted by atomic mass is 10.2. The number of hydrogen-bond donors (Lipinski definition) is 2. The van der Waals surface area contributed by atoms with Gasteiger partial charge in [0.2, 0.25) is 10.0 Å². The van der Waals surface area contributed by atoms with Gasteiger partial charge in [0.05, 0.1) is 7.11 Å². The summed E-state index contributed by atoms with van der Waals surface area (Å²) >= 11 is 0. The number of nitrogens with one attached hydrogen (secondary N) is 1. The van der Waals surface area contributed by atoms with E-state index in [0.29, 0.717) is 5.69 Å². The molecule has 1 rings (SSSR count). The summed E-state index contributed by atoms with van der Waals surface area (Å²) in [5.41, 5.74) is 6.07. The third-order valence-electron chi connectivity index (χ3n) is 2.78. The maximum atomic E-state index is 12.2. The molecule has 1 aromatic carbocycles. The first-order valence-electron chi connectivity index (χ1n) is 5.90. The molecule has 18 heavy (non-hydrogen) atoms. The quantitative estimate of drug-likeness (QED) is 0.773. The number of nitrogens with two attached hydrogens (primary N) is 1. The molecule has 0 amide bonds. The summed E-state index contributed by atoms with van der Waals surface area (Å²) in [5, 5.41) is 0. The van der Waals surface area contributed by atoms with E-state index in [1.807, 2.05) is 13.8 Å². The third kappa shape index (κ3) is 3.36. The molecule has 0 aromatic heterocycles. The van der Waals surface area contributed by atoms with Crippen molar-refractivity contribution >= 4 is 15.7 Å². The number of benzene rings is 1. The first-order chi connectivity index (χ1) is 8.44. The Hall–Kier alpha value is -1.27. The predicted octanol–water partition coefficient (Wildman–Crippen LogP) is 1.74. The van der Waals surface area contributed by atoms with Gasteiger partial charge in [0.15, 0.2) is 0 Å². The van der Waals surface area contributed by atoms with Gasteiger partial charge in [-0.2, -0.15) is 0 Å². The van der Waals surface area contributed by atoms with E-state index in [1.165, 1.54) is 19.2 Å². The molecule has 0 saturated carbocycles. The van der Waals surface area contributed by atoms with Gasteiger partial charge < -0.3 is 10.5 Å². The molecule has 0 saturated heterocycles. The fourth-order valence-corrected chi connectivity index (χ4v) is 3.20. The lowest BCUT2D eigenvalue weighted by Gasteiger charge is -2.16. The summed E-state index contributed by atoms with van der Waals surface area (Å²) < 4.78 is 32.2. The first kappa shape index (κ1) is 14.8. The number of nitrogen functional groups attached to an aromatic ring is 1. The van der Waals surface area contributed by atoms with Crippen LogP contribution < -0.4 is 15.2 Å². The van der Waals surface area contributed by atoms with Crippen molar-refractivity contribution in [1.29, 1.82) is 0 Å². The van der Waals surface area contributed by atoms with E-state index < -0.39 is 10.0 Å². The van der Waals surface area contributed by atoms with Gasteiger partial charge in [-0.1, -0.05) is 13.8 Å². The molecule has 0 aliphatic carbocycles. The van der Waals surface area contributed by atoms with E-state index in [0.717, 1.165) is 12.8 Å². The Labute approximate surface area is 108 Å². The van der Waals surface area contributed by atoms with Crippen molar-refractivity contribution in [2.75, 3.05) is 12.8 Å². The molecule has 1 aromatic rings. The highest BCUT2D eigenvalue weighted by Crippen LogP contribution is 2.26. The van der Waals surface area contributed by atoms with E-state index in [4.69, 9.17) is 10.5 Å². The van der Waals surface area contributed by atoms with Crippen LogP contribution in [0.5, 0.6) is 5.75 Å². The number of rotatable bonds is 6. The summed E-state index contributed by atoms with van der Waals surface area (Å²) in [7, 11) is -2.15. The fraction of sp³-hybridized carbons (Fsp3) is 0.500. The minimum atomic E-state index is -3.57. The molecule has 0 radical (unpaired) electrons. The second-order valence-corrected chi connectivity index (χ2v) is 5.73. The van der Waals surface area contributed by atoms with E-state index in [9.17, 15) is 8.42 Å². The van der Waals surface area contributed by atoms with Crippen molar-refractivity contribution in [3.63, 3.8) is 0 Å². The molecule has 0 fully saturated rings. The van der Waals surface area contributed by atoms with Gasteiger partial charge in [-0.15, -0.1) is 0 Å². The van der Waals surface area contributed by atoms with E-state index in [2.05, 4.69) is 4.72 Å². The van der Waals surface area contributed by atoms with Gasteiger partial charge in [0, 0.05) is 17.8 Å². The Balaban J connectivity index is 3.12. The molecule has 0 bridgehead atoms. The topological polar surface area (TPSA) is 81.4 Å². The maximum absolute atomic E-state index is 12.2. The zero-order chi connectivity index (χ0) is 13.8. The molecule has 6 heteroatoms. The minimum absolute atomic E-state index is 0.0720. The summed E-state index contributed by atoms with van der Waals surface area (Å²) in [4.78, 5) is 0.117. The van der Waals surface area contributed by atoms with Crippen molar-refractivity contribution < 1.29 is 13.2 Å². The average Bonchev–Trinajstić information content (AvgIpc) is 2.35. The standard InChI is InChI=1S/C12H20N2O3S/c1-4-10(5-2)14-18(15,16)12-7-6-9(13)8-11(12)17-3/h6-8,10,14H,4-5,13H2,1-3H3. The number of sulfonamides is 1. The Morgan fingerprint density at radius 1 is 1.33 bits per heavy atom. The number of ether oxygens (including phenoxy) is 1. The van der Waals surface area contributed by atoms with Crippen LogP contribution in [0.3, 0.4) is 0 Å². The number of anilines is 1. The smallest absolute Gasteiger partial charge is 0.244 e. The Morgan fingerprint density at radius 3 is 2.44 bits per heavy atom. The van der Waals surface area contributed by atoms with Crippen LogP contribution in [0.4, 0.5) is 5.69 Å². The fourth-order valence-electron chi connectivity index (χ4n) is 1.64. The molecular formula is C12H20N2O3S. The molecule has 3 N–H and O–H groups in total. The van der Waals surface area contributed by atoms with Crippen LogP contribution >= 0.6 is 0 Å². The van der Waals surface area contributed by atoms with Crippen molar-refractivity contribution in [1.82, 2.24) is 4.72 Å². The van der Waals surface area contributed by atoms with Crippen LogP contribution in [0.2, 0.25) is 0 Å². The summed E-state index contributed by atoms with van der Waals surface area (Å²) in [6, 6.07) is 4.43. The Kier molecular flexibility index (Phi) is 4.98. The Morgan fingerprint density at radius 2 is 1.94 bits per heavy atom. The second kappa shape index (κ2) is 6.06. The minimum Gasteiger partial charge on any atom is -0.495 e. The molecule has 0 spiro atoms.